The molecule has 2 N–H and O–H groups in total. The van der Waals surface area contributed by atoms with Crippen LogP contribution in [0.1, 0.15) is 37.4 Å². The zero-order valence-corrected chi connectivity index (χ0v) is 18.5. The average molecular weight is 432 g/mol. The molecule has 0 aromatic heterocycles. The van der Waals surface area contributed by atoms with Crippen molar-refractivity contribution in [1.29, 1.82) is 0 Å². The second-order valence-corrected chi connectivity index (χ2v) is 9.00. The summed E-state index contributed by atoms with van der Waals surface area (Å²) in [5, 5.41) is 2.78. The monoisotopic (exact) mass is 431 g/mol. The summed E-state index contributed by atoms with van der Waals surface area (Å²) in [5.41, 5.74) is 2.52. The number of carbonyl (C=O) groups excluding carboxylic acids is 1. The fourth-order valence-corrected chi connectivity index (χ4v) is 4.86. The Bertz CT molecular complexity index is 1000. The summed E-state index contributed by atoms with van der Waals surface area (Å²) in [4.78, 5) is 13.9. The Labute approximate surface area is 178 Å². The van der Waals surface area contributed by atoms with Crippen LogP contribution in [-0.4, -0.2) is 46.0 Å². The second kappa shape index (κ2) is 9.59. The molecule has 0 saturated carbocycles. The van der Waals surface area contributed by atoms with Crippen LogP contribution in [0.5, 0.6) is 5.75 Å². The molecule has 8 heteroatoms. The van der Waals surface area contributed by atoms with E-state index >= 15 is 0 Å². The third-order valence-corrected chi connectivity index (χ3v) is 6.90. The first-order chi connectivity index (χ1) is 14.4. The maximum absolute atomic E-state index is 13.0. The molecule has 30 heavy (non-hydrogen) atoms. The largest absolute Gasteiger partial charge is 0.497 e. The van der Waals surface area contributed by atoms with E-state index in [0.29, 0.717) is 18.5 Å². The third kappa shape index (κ3) is 5.00. The number of ether oxygens (including phenoxy) is 1. The second-order valence-electron chi connectivity index (χ2n) is 7.23. The van der Waals surface area contributed by atoms with Crippen LogP contribution in [0.25, 0.3) is 0 Å². The van der Waals surface area contributed by atoms with Crippen LogP contribution in [0.15, 0.2) is 47.4 Å². The smallest absolute Gasteiger partial charge is 0.240 e. The van der Waals surface area contributed by atoms with Crippen LogP contribution in [0.2, 0.25) is 0 Å². The summed E-state index contributed by atoms with van der Waals surface area (Å²) in [6.07, 6.45) is 0.903. The predicted octanol–water partition coefficient (Wildman–Crippen LogP) is 2.94. The Kier molecular flexibility index (Phi) is 7.12. The minimum absolute atomic E-state index is 0.0448. The lowest BCUT2D eigenvalue weighted by Crippen LogP contribution is -2.38. The van der Waals surface area contributed by atoms with Gasteiger partial charge in [-0.1, -0.05) is 26.0 Å². The normalized spacial score (nSPS) is 14.9. The van der Waals surface area contributed by atoms with Crippen LogP contribution in [-0.2, 0) is 21.2 Å². The highest BCUT2D eigenvalue weighted by Crippen LogP contribution is 2.27. The predicted molar refractivity (Wildman–Crippen MR) is 117 cm³/mol. The zero-order valence-electron chi connectivity index (χ0n) is 17.6. The third-order valence-electron chi connectivity index (χ3n) is 5.48. The molecular formula is C22H29N3O4S. The number of benzene rings is 2. The summed E-state index contributed by atoms with van der Waals surface area (Å²) < 4.78 is 34.1. The standard InChI is InChI=1S/C22H29N3O4S/c1-4-25(5-2)21(17-7-6-8-18(13-17)29-3)15-23-30(27,28)19-10-11-20-16(14-19)9-12-22(26)24-20/h6-8,10-11,13-14,21,23H,4-5,9,12,15H2,1-3H3,(H,24,26)/t21-/m0/s1. The number of hydrogen-bond donors (Lipinski definition) is 2. The van der Waals surface area contributed by atoms with E-state index in [0.717, 1.165) is 30.0 Å². The molecule has 162 valence electrons. The Balaban J connectivity index is 1.82. The van der Waals surface area contributed by atoms with Crippen molar-refractivity contribution >= 4 is 21.6 Å². The van der Waals surface area contributed by atoms with Gasteiger partial charge in [-0.2, -0.15) is 0 Å². The van der Waals surface area contributed by atoms with Gasteiger partial charge in [0.15, 0.2) is 0 Å². The van der Waals surface area contributed by atoms with E-state index in [1.54, 1.807) is 19.2 Å². The van der Waals surface area contributed by atoms with Crippen molar-refractivity contribution in [3.8, 4) is 5.75 Å². The Morgan fingerprint density at radius 3 is 2.60 bits per heavy atom. The lowest BCUT2D eigenvalue weighted by Gasteiger charge is -2.30. The van der Waals surface area contributed by atoms with Crippen molar-refractivity contribution in [3.05, 3.63) is 53.6 Å². The van der Waals surface area contributed by atoms with E-state index in [4.69, 9.17) is 4.74 Å². The molecule has 0 spiro atoms. The van der Waals surface area contributed by atoms with Gasteiger partial charge in [-0.25, -0.2) is 13.1 Å². The summed E-state index contributed by atoms with van der Waals surface area (Å²) in [7, 11) is -2.08. The van der Waals surface area contributed by atoms with Crippen molar-refractivity contribution in [1.82, 2.24) is 9.62 Å². The van der Waals surface area contributed by atoms with E-state index < -0.39 is 10.0 Å². The van der Waals surface area contributed by atoms with Crippen molar-refractivity contribution in [2.75, 3.05) is 32.1 Å². The molecule has 0 aliphatic carbocycles. The average Bonchev–Trinajstić information content (AvgIpc) is 2.76. The minimum atomic E-state index is -3.70. The molecule has 1 atom stereocenters. The van der Waals surface area contributed by atoms with Gasteiger partial charge in [0.1, 0.15) is 5.75 Å². The maximum atomic E-state index is 13.0. The molecule has 2 aromatic rings. The van der Waals surface area contributed by atoms with E-state index in [1.807, 2.05) is 24.3 Å². The lowest BCUT2D eigenvalue weighted by molar-refractivity contribution is -0.116. The van der Waals surface area contributed by atoms with Crippen LogP contribution >= 0.6 is 0 Å². The van der Waals surface area contributed by atoms with Crippen LogP contribution in [0.4, 0.5) is 5.69 Å². The Morgan fingerprint density at radius 1 is 1.13 bits per heavy atom. The number of likely N-dealkylation sites (N-methyl/N-ethyl adjacent to an activating group) is 1. The summed E-state index contributed by atoms with van der Waals surface area (Å²) in [6, 6.07) is 12.4. The van der Waals surface area contributed by atoms with E-state index in [-0.39, 0.29) is 23.4 Å². The fourth-order valence-electron chi connectivity index (χ4n) is 3.77. The first-order valence-electron chi connectivity index (χ1n) is 10.2. The summed E-state index contributed by atoms with van der Waals surface area (Å²) >= 11 is 0. The molecule has 0 bridgehead atoms. The van der Waals surface area contributed by atoms with E-state index in [9.17, 15) is 13.2 Å². The van der Waals surface area contributed by atoms with E-state index in [1.165, 1.54) is 6.07 Å². The number of anilines is 1. The van der Waals surface area contributed by atoms with Gasteiger partial charge < -0.3 is 10.1 Å². The quantitative estimate of drug-likeness (QED) is 0.637. The number of nitrogens with one attached hydrogen (secondary N) is 2. The molecule has 1 amide bonds. The molecule has 2 aromatic carbocycles. The van der Waals surface area contributed by atoms with Crippen molar-refractivity contribution < 1.29 is 17.9 Å². The Morgan fingerprint density at radius 2 is 1.90 bits per heavy atom. The number of sulfonamides is 1. The topological polar surface area (TPSA) is 87.7 Å². The van der Waals surface area contributed by atoms with Gasteiger partial charge >= 0.3 is 0 Å². The number of hydrogen-bond acceptors (Lipinski definition) is 5. The molecular weight excluding hydrogens is 402 g/mol. The number of rotatable bonds is 9. The highest BCUT2D eigenvalue weighted by atomic mass is 32.2. The molecule has 7 nitrogen and oxygen atoms in total. The number of methoxy groups -OCH3 is 1. The summed E-state index contributed by atoms with van der Waals surface area (Å²) in [6.45, 7) is 5.94. The lowest BCUT2D eigenvalue weighted by atomic mass is 10.0. The van der Waals surface area contributed by atoms with Crippen LogP contribution < -0.4 is 14.8 Å². The molecule has 1 aliphatic rings. The molecule has 0 unspecified atom stereocenters. The van der Waals surface area contributed by atoms with Crippen LogP contribution in [0.3, 0.4) is 0 Å². The van der Waals surface area contributed by atoms with Gasteiger partial charge in [0.2, 0.25) is 15.9 Å². The van der Waals surface area contributed by atoms with Crippen molar-refractivity contribution in [2.45, 2.75) is 37.6 Å². The first-order valence-corrected chi connectivity index (χ1v) is 11.7. The number of carbonyl (C=O) groups is 1. The van der Waals surface area contributed by atoms with Gasteiger partial charge in [-0.15, -0.1) is 0 Å². The van der Waals surface area contributed by atoms with Crippen molar-refractivity contribution in [2.24, 2.45) is 0 Å². The van der Waals surface area contributed by atoms with Gasteiger partial charge in [0.25, 0.3) is 0 Å². The molecule has 0 saturated heterocycles. The zero-order chi connectivity index (χ0) is 21.7. The Hall–Kier alpha value is -2.42. The number of fused-ring (bicyclic) bond motifs is 1. The SMILES string of the molecule is CCN(CC)[C@@H](CNS(=O)(=O)c1ccc2c(c1)CCC(=O)N2)c1cccc(OC)c1. The number of nitrogens with zero attached hydrogens (tertiary/aromatic N) is 1. The number of aryl methyl sites for hydroxylation is 1. The van der Waals surface area contributed by atoms with Gasteiger partial charge in [-0.05, 0) is 61.0 Å². The maximum Gasteiger partial charge on any atom is 0.240 e. The van der Waals surface area contributed by atoms with Gasteiger partial charge in [0.05, 0.1) is 12.0 Å². The molecule has 1 heterocycles. The first kappa shape index (κ1) is 22.3. The molecule has 3 rings (SSSR count). The van der Waals surface area contributed by atoms with Crippen molar-refractivity contribution in [3.63, 3.8) is 0 Å². The van der Waals surface area contributed by atoms with Gasteiger partial charge in [-0.3, -0.25) is 9.69 Å². The van der Waals surface area contributed by atoms with Crippen LogP contribution in [0, 0.1) is 0 Å². The highest BCUT2D eigenvalue weighted by molar-refractivity contribution is 7.89. The highest BCUT2D eigenvalue weighted by Gasteiger charge is 2.24. The molecule has 0 radical (unpaired) electrons. The number of amides is 1. The summed E-state index contributed by atoms with van der Waals surface area (Å²) in [5.74, 6) is 0.695. The molecule has 0 fully saturated rings. The molecule has 1 aliphatic heterocycles. The van der Waals surface area contributed by atoms with Gasteiger partial charge in [0, 0.05) is 24.7 Å². The minimum Gasteiger partial charge on any atom is -0.497 e. The fraction of sp³-hybridized carbons (Fsp3) is 0.409. The van der Waals surface area contributed by atoms with E-state index in [2.05, 4.69) is 28.8 Å².